The summed E-state index contributed by atoms with van der Waals surface area (Å²) in [4.78, 5) is 12.7. The first-order valence-electron chi connectivity index (χ1n) is 6.29. The lowest BCUT2D eigenvalue weighted by Crippen LogP contribution is -2.51. The highest BCUT2D eigenvalue weighted by atomic mass is 16.5. The monoisotopic (exact) mass is 249 g/mol. The van der Waals surface area contributed by atoms with Crippen LogP contribution in [0.5, 0.6) is 5.75 Å². The average molecular weight is 249 g/mol. The SMILES string of the molecule is CN1CC(Oc2cccc(CCCC(=O)O)c2)C1. The Hall–Kier alpha value is -1.55. The number of hydrogen-bond acceptors (Lipinski definition) is 3. The summed E-state index contributed by atoms with van der Waals surface area (Å²) in [5.74, 6) is 0.154. The van der Waals surface area contributed by atoms with Crippen LogP contribution in [0.25, 0.3) is 0 Å². The minimum atomic E-state index is -0.736. The molecule has 1 aliphatic heterocycles. The Morgan fingerprint density at radius 3 is 2.94 bits per heavy atom. The second kappa shape index (κ2) is 5.87. The molecular formula is C14H19NO3. The molecule has 1 heterocycles. The van der Waals surface area contributed by atoms with E-state index in [4.69, 9.17) is 9.84 Å². The smallest absolute Gasteiger partial charge is 0.303 e. The molecule has 0 saturated carbocycles. The van der Waals surface area contributed by atoms with Crippen molar-refractivity contribution in [1.82, 2.24) is 4.90 Å². The van der Waals surface area contributed by atoms with Crippen LogP contribution in [0.4, 0.5) is 0 Å². The molecule has 0 radical (unpaired) electrons. The van der Waals surface area contributed by atoms with Gasteiger partial charge in [0.05, 0.1) is 0 Å². The van der Waals surface area contributed by atoms with E-state index in [-0.39, 0.29) is 6.42 Å². The minimum Gasteiger partial charge on any atom is -0.488 e. The van der Waals surface area contributed by atoms with E-state index in [9.17, 15) is 4.79 Å². The number of aryl methyl sites for hydroxylation is 1. The summed E-state index contributed by atoms with van der Waals surface area (Å²) >= 11 is 0. The summed E-state index contributed by atoms with van der Waals surface area (Å²) < 4.78 is 5.83. The molecule has 4 heteroatoms. The van der Waals surface area contributed by atoms with Gasteiger partial charge in [0.1, 0.15) is 11.9 Å². The third-order valence-corrected chi connectivity index (χ3v) is 3.09. The quantitative estimate of drug-likeness (QED) is 0.835. The molecule has 1 aromatic rings. The van der Waals surface area contributed by atoms with Gasteiger partial charge in [-0.1, -0.05) is 12.1 Å². The van der Waals surface area contributed by atoms with Gasteiger partial charge in [-0.2, -0.15) is 0 Å². The maximum Gasteiger partial charge on any atom is 0.303 e. The Bertz CT molecular complexity index is 413. The maximum atomic E-state index is 10.4. The summed E-state index contributed by atoms with van der Waals surface area (Å²) in [6.07, 6.45) is 1.97. The molecule has 0 spiro atoms. The Labute approximate surface area is 107 Å². The van der Waals surface area contributed by atoms with E-state index >= 15 is 0 Å². The standard InChI is InChI=1S/C14H19NO3/c1-15-9-13(10-15)18-12-6-2-4-11(8-12)5-3-7-14(16)17/h2,4,6,8,13H,3,5,7,9-10H2,1H3,(H,16,17). The molecular weight excluding hydrogens is 230 g/mol. The summed E-state index contributed by atoms with van der Waals surface area (Å²) in [7, 11) is 2.07. The second-order valence-corrected chi connectivity index (χ2v) is 4.86. The number of ether oxygens (including phenoxy) is 1. The molecule has 1 aromatic carbocycles. The van der Waals surface area contributed by atoms with Gasteiger partial charge in [-0.05, 0) is 37.6 Å². The molecule has 1 N–H and O–H groups in total. The Kier molecular flexibility index (Phi) is 4.20. The van der Waals surface area contributed by atoms with Gasteiger partial charge in [0, 0.05) is 19.5 Å². The van der Waals surface area contributed by atoms with E-state index in [1.165, 1.54) is 0 Å². The van der Waals surface area contributed by atoms with Crippen molar-refractivity contribution < 1.29 is 14.6 Å². The number of likely N-dealkylation sites (tertiary alicyclic amines) is 1. The number of likely N-dealkylation sites (N-methyl/N-ethyl adjacent to an activating group) is 1. The first-order valence-corrected chi connectivity index (χ1v) is 6.29. The van der Waals surface area contributed by atoms with Crippen molar-refractivity contribution >= 4 is 5.97 Å². The number of carbonyl (C=O) groups is 1. The van der Waals surface area contributed by atoms with Gasteiger partial charge in [-0.3, -0.25) is 9.69 Å². The zero-order valence-electron chi connectivity index (χ0n) is 10.6. The molecule has 18 heavy (non-hydrogen) atoms. The summed E-state index contributed by atoms with van der Waals surface area (Å²) in [5, 5.41) is 8.60. The van der Waals surface area contributed by atoms with E-state index < -0.39 is 5.97 Å². The van der Waals surface area contributed by atoms with Crippen LogP contribution in [-0.2, 0) is 11.2 Å². The molecule has 2 rings (SSSR count). The predicted octanol–water partition coefficient (Wildman–Crippen LogP) is 1.79. The third kappa shape index (κ3) is 3.74. The zero-order chi connectivity index (χ0) is 13.0. The highest BCUT2D eigenvalue weighted by molar-refractivity contribution is 5.66. The van der Waals surface area contributed by atoms with Crippen LogP contribution in [-0.4, -0.2) is 42.2 Å². The van der Waals surface area contributed by atoms with E-state index in [2.05, 4.69) is 11.9 Å². The van der Waals surface area contributed by atoms with Gasteiger partial charge in [-0.15, -0.1) is 0 Å². The number of carboxylic acid groups (broad SMARTS) is 1. The fourth-order valence-corrected chi connectivity index (χ4v) is 2.13. The number of aliphatic carboxylic acids is 1. The minimum absolute atomic E-state index is 0.221. The van der Waals surface area contributed by atoms with Crippen LogP contribution in [0.15, 0.2) is 24.3 Å². The van der Waals surface area contributed by atoms with Crippen LogP contribution < -0.4 is 4.74 Å². The van der Waals surface area contributed by atoms with Crippen molar-refractivity contribution in [2.24, 2.45) is 0 Å². The van der Waals surface area contributed by atoms with Crippen LogP contribution in [0.3, 0.4) is 0 Å². The lowest BCUT2D eigenvalue weighted by atomic mass is 10.1. The molecule has 0 aromatic heterocycles. The molecule has 1 fully saturated rings. The molecule has 98 valence electrons. The van der Waals surface area contributed by atoms with Crippen molar-refractivity contribution in [2.45, 2.75) is 25.4 Å². The summed E-state index contributed by atoms with van der Waals surface area (Å²) in [6, 6.07) is 7.95. The lowest BCUT2D eigenvalue weighted by Gasteiger charge is -2.36. The molecule has 0 aliphatic carbocycles. The summed E-state index contributed by atoms with van der Waals surface area (Å²) in [5.41, 5.74) is 1.14. The normalized spacial score (nSPS) is 16.3. The number of carboxylic acids is 1. The first kappa shape index (κ1) is 12.9. The average Bonchev–Trinajstić information content (AvgIpc) is 2.27. The fourth-order valence-electron chi connectivity index (χ4n) is 2.13. The molecule has 0 amide bonds. The molecule has 0 unspecified atom stereocenters. The van der Waals surface area contributed by atoms with Gasteiger partial charge in [0.15, 0.2) is 0 Å². The summed E-state index contributed by atoms with van der Waals surface area (Å²) in [6.45, 7) is 1.95. The number of benzene rings is 1. The van der Waals surface area contributed by atoms with Crippen molar-refractivity contribution in [2.75, 3.05) is 20.1 Å². The van der Waals surface area contributed by atoms with Gasteiger partial charge < -0.3 is 9.84 Å². The number of rotatable bonds is 6. The van der Waals surface area contributed by atoms with Crippen molar-refractivity contribution in [1.29, 1.82) is 0 Å². The van der Waals surface area contributed by atoms with Crippen molar-refractivity contribution in [3.8, 4) is 5.75 Å². The largest absolute Gasteiger partial charge is 0.488 e. The highest BCUT2D eigenvalue weighted by Gasteiger charge is 2.24. The zero-order valence-corrected chi connectivity index (χ0v) is 10.6. The van der Waals surface area contributed by atoms with E-state index in [1.54, 1.807) is 0 Å². The Balaban J connectivity index is 1.83. The highest BCUT2D eigenvalue weighted by Crippen LogP contribution is 2.19. The van der Waals surface area contributed by atoms with Crippen molar-refractivity contribution in [3.63, 3.8) is 0 Å². The topological polar surface area (TPSA) is 49.8 Å². The second-order valence-electron chi connectivity index (χ2n) is 4.86. The molecule has 0 atom stereocenters. The molecule has 4 nitrogen and oxygen atoms in total. The molecule has 0 bridgehead atoms. The van der Waals surface area contributed by atoms with Crippen LogP contribution in [0.2, 0.25) is 0 Å². The maximum absolute atomic E-state index is 10.4. The van der Waals surface area contributed by atoms with Crippen LogP contribution in [0, 0.1) is 0 Å². The Morgan fingerprint density at radius 1 is 1.50 bits per heavy atom. The van der Waals surface area contributed by atoms with Crippen LogP contribution in [0.1, 0.15) is 18.4 Å². The molecule has 1 saturated heterocycles. The number of hydrogen-bond donors (Lipinski definition) is 1. The lowest BCUT2D eigenvalue weighted by molar-refractivity contribution is -0.137. The first-order chi connectivity index (χ1) is 8.63. The van der Waals surface area contributed by atoms with E-state index in [0.717, 1.165) is 30.8 Å². The van der Waals surface area contributed by atoms with Crippen molar-refractivity contribution in [3.05, 3.63) is 29.8 Å². The predicted molar refractivity (Wildman–Crippen MR) is 68.9 cm³/mol. The van der Waals surface area contributed by atoms with Gasteiger partial charge in [0.25, 0.3) is 0 Å². The van der Waals surface area contributed by atoms with E-state index in [1.807, 2.05) is 24.3 Å². The van der Waals surface area contributed by atoms with Crippen LogP contribution >= 0.6 is 0 Å². The molecule has 1 aliphatic rings. The Morgan fingerprint density at radius 2 is 2.28 bits per heavy atom. The van der Waals surface area contributed by atoms with Gasteiger partial charge >= 0.3 is 5.97 Å². The van der Waals surface area contributed by atoms with Gasteiger partial charge in [-0.25, -0.2) is 0 Å². The fraction of sp³-hybridized carbons (Fsp3) is 0.500. The van der Waals surface area contributed by atoms with Gasteiger partial charge in [0.2, 0.25) is 0 Å². The third-order valence-electron chi connectivity index (χ3n) is 3.09. The van der Waals surface area contributed by atoms with E-state index in [0.29, 0.717) is 12.5 Å². The number of nitrogens with zero attached hydrogens (tertiary/aromatic N) is 1.